The second-order valence-electron chi connectivity index (χ2n) is 4.04. The van der Waals surface area contributed by atoms with Crippen molar-refractivity contribution in [3.05, 3.63) is 36.2 Å². The van der Waals surface area contributed by atoms with E-state index in [0.717, 1.165) is 0 Å². The molecule has 7 heteroatoms. The minimum absolute atomic E-state index is 0.00880. The lowest BCUT2D eigenvalue weighted by atomic mass is 10.2. The van der Waals surface area contributed by atoms with E-state index in [2.05, 4.69) is 21.5 Å². The highest BCUT2D eigenvalue weighted by atomic mass is 16.3. The maximum absolute atomic E-state index is 9.33. The zero-order valence-electron chi connectivity index (χ0n) is 10.4. The average molecular weight is 269 g/mol. The van der Waals surface area contributed by atoms with Gasteiger partial charge in [0.1, 0.15) is 23.1 Å². The minimum Gasteiger partial charge on any atom is -0.463 e. The van der Waals surface area contributed by atoms with Crippen molar-refractivity contribution < 1.29 is 9.52 Å². The molecule has 0 saturated carbocycles. The molecule has 3 aromatic rings. The Kier molecular flexibility index (Phi) is 3.07. The van der Waals surface area contributed by atoms with Crippen LogP contribution in [0.3, 0.4) is 0 Å². The third-order valence-corrected chi connectivity index (χ3v) is 2.77. The fourth-order valence-electron chi connectivity index (χ4n) is 1.90. The van der Waals surface area contributed by atoms with E-state index < -0.39 is 0 Å². The van der Waals surface area contributed by atoms with Crippen molar-refractivity contribution >= 4 is 11.5 Å². The van der Waals surface area contributed by atoms with Gasteiger partial charge in [-0.1, -0.05) is 0 Å². The first-order valence-electron chi connectivity index (χ1n) is 6.01. The van der Waals surface area contributed by atoms with Gasteiger partial charge in [-0.2, -0.15) is 10.4 Å². The van der Waals surface area contributed by atoms with Crippen LogP contribution in [-0.4, -0.2) is 32.9 Å². The number of aliphatic hydroxyl groups excluding tert-OH is 1. The Balaban J connectivity index is 2.13. The second kappa shape index (κ2) is 5.03. The van der Waals surface area contributed by atoms with E-state index in [1.165, 1.54) is 10.8 Å². The van der Waals surface area contributed by atoms with Crippen LogP contribution in [0.5, 0.6) is 0 Å². The highest BCUT2D eigenvalue weighted by Crippen LogP contribution is 2.25. The van der Waals surface area contributed by atoms with Gasteiger partial charge >= 0.3 is 0 Å². The van der Waals surface area contributed by atoms with Crippen LogP contribution in [0, 0.1) is 11.3 Å². The lowest BCUT2D eigenvalue weighted by Gasteiger charge is -2.02. The number of aromatic nitrogens is 3. The molecule has 3 aromatic heterocycles. The molecule has 2 N–H and O–H groups in total. The number of rotatable bonds is 4. The predicted molar refractivity (Wildman–Crippen MR) is 71.0 cm³/mol. The monoisotopic (exact) mass is 269 g/mol. The highest BCUT2D eigenvalue weighted by molar-refractivity contribution is 5.72. The first-order valence-corrected chi connectivity index (χ1v) is 6.01. The van der Waals surface area contributed by atoms with Gasteiger partial charge in [-0.3, -0.25) is 0 Å². The normalized spacial score (nSPS) is 10.6. The number of hydrogen-bond donors (Lipinski definition) is 2. The minimum atomic E-state index is 0.00880. The van der Waals surface area contributed by atoms with Gasteiger partial charge in [-0.15, -0.1) is 0 Å². The predicted octanol–water partition coefficient (Wildman–Crippen LogP) is 1.27. The summed E-state index contributed by atoms with van der Waals surface area (Å²) in [5, 5.41) is 25.4. The number of furan rings is 1. The molecule has 0 aromatic carbocycles. The molecule has 0 aliphatic rings. The molecule has 0 bridgehead atoms. The number of aliphatic hydroxyl groups is 1. The zero-order chi connectivity index (χ0) is 13.9. The summed E-state index contributed by atoms with van der Waals surface area (Å²) in [6.07, 6.45) is 3.23. The van der Waals surface area contributed by atoms with Crippen LogP contribution >= 0.6 is 0 Å². The molecule has 0 radical (unpaired) electrons. The van der Waals surface area contributed by atoms with Gasteiger partial charge in [-0.25, -0.2) is 9.50 Å². The topological polar surface area (TPSA) is 99.4 Å². The van der Waals surface area contributed by atoms with Crippen LogP contribution in [0.2, 0.25) is 0 Å². The summed E-state index contributed by atoms with van der Waals surface area (Å²) in [6.45, 7) is 0.402. The third kappa shape index (κ3) is 1.98. The summed E-state index contributed by atoms with van der Waals surface area (Å²) in [4.78, 5) is 4.33. The van der Waals surface area contributed by atoms with Gasteiger partial charge in [0.15, 0.2) is 11.4 Å². The Morgan fingerprint density at radius 2 is 2.35 bits per heavy atom. The lowest BCUT2D eigenvalue weighted by Crippen LogP contribution is -2.07. The van der Waals surface area contributed by atoms with Crippen LogP contribution in [0.15, 0.2) is 35.1 Å². The van der Waals surface area contributed by atoms with Gasteiger partial charge in [-0.05, 0) is 18.2 Å². The van der Waals surface area contributed by atoms with Crippen molar-refractivity contribution in [1.82, 2.24) is 14.6 Å². The maximum Gasteiger partial charge on any atom is 0.175 e. The van der Waals surface area contributed by atoms with Crippen molar-refractivity contribution in [3.63, 3.8) is 0 Å². The van der Waals surface area contributed by atoms with Gasteiger partial charge in [0, 0.05) is 12.7 Å². The smallest absolute Gasteiger partial charge is 0.175 e. The number of nitriles is 1. The van der Waals surface area contributed by atoms with Crippen molar-refractivity contribution in [2.75, 3.05) is 18.5 Å². The molecule has 0 saturated heterocycles. The number of anilines is 1. The van der Waals surface area contributed by atoms with Crippen molar-refractivity contribution in [1.29, 1.82) is 5.26 Å². The van der Waals surface area contributed by atoms with E-state index in [4.69, 9.17) is 9.52 Å². The lowest BCUT2D eigenvalue weighted by molar-refractivity contribution is 0.311. The quantitative estimate of drug-likeness (QED) is 0.739. The molecule has 0 atom stereocenters. The fourth-order valence-corrected chi connectivity index (χ4v) is 1.90. The first-order chi connectivity index (χ1) is 9.83. The van der Waals surface area contributed by atoms with E-state index in [0.29, 0.717) is 35.0 Å². The zero-order valence-corrected chi connectivity index (χ0v) is 10.4. The van der Waals surface area contributed by atoms with E-state index >= 15 is 0 Å². The third-order valence-electron chi connectivity index (χ3n) is 2.77. The summed E-state index contributed by atoms with van der Waals surface area (Å²) >= 11 is 0. The van der Waals surface area contributed by atoms with Crippen molar-refractivity contribution in [2.45, 2.75) is 0 Å². The number of nitrogens with one attached hydrogen (secondary N) is 1. The van der Waals surface area contributed by atoms with Crippen LogP contribution in [-0.2, 0) is 0 Å². The summed E-state index contributed by atoms with van der Waals surface area (Å²) in [7, 11) is 0. The molecule has 100 valence electrons. The van der Waals surface area contributed by atoms with Crippen molar-refractivity contribution in [2.24, 2.45) is 0 Å². The van der Waals surface area contributed by atoms with E-state index in [1.807, 2.05) is 0 Å². The molecule has 0 aliphatic carbocycles. The summed E-state index contributed by atoms with van der Waals surface area (Å²) in [5.41, 5.74) is 1.26. The molecule has 3 rings (SSSR count). The molecule has 0 amide bonds. The molecular weight excluding hydrogens is 258 g/mol. The Morgan fingerprint density at radius 3 is 3.05 bits per heavy atom. The molecular formula is C13H11N5O2. The standard InChI is InChI=1S/C13H11N5O2/c14-8-9-12(10-2-1-7-20-10)17-18-5-3-11(15-4-6-19)16-13(9)18/h1-3,5,7,19H,4,6H2,(H,15,16). The van der Waals surface area contributed by atoms with Crippen LogP contribution < -0.4 is 5.32 Å². The van der Waals surface area contributed by atoms with Gasteiger partial charge in [0.25, 0.3) is 0 Å². The van der Waals surface area contributed by atoms with Crippen LogP contribution in [0.1, 0.15) is 5.56 Å². The Hall–Kier alpha value is -2.85. The molecule has 20 heavy (non-hydrogen) atoms. The number of fused-ring (bicyclic) bond motifs is 1. The summed E-state index contributed by atoms with van der Waals surface area (Å²) in [5.74, 6) is 1.10. The van der Waals surface area contributed by atoms with Gasteiger partial charge < -0.3 is 14.8 Å². The van der Waals surface area contributed by atoms with Crippen LogP contribution in [0.4, 0.5) is 5.82 Å². The van der Waals surface area contributed by atoms with E-state index in [1.54, 1.807) is 24.4 Å². The molecule has 0 aliphatic heterocycles. The van der Waals surface area contributed by atoms with Crippen LogP contribution in [0.25, 0.3) is 17.1 Å². The SMILES string of the molecule is N#Cc1c(-c2ccco2)nn2ccc(NCCO)nc12. The fraction of sp³-hybridized carbons (Fsp3) is 0.154. The van der Waals surface area contributed by atoms with E-state index in [9.17, 15) is 5.26 Å². The number of nitrogens with zero attached hydrogens (tertiary/aromatic N) is 4. The molecule has 7 nitrogen and oxygen atoms in total. The first kappa shape index (κ1) is 12.2. The molecule has 0 fully saturated rings. The molecule has 0 spiro atoms. The highest BCUT2D eigenvalue weighted by Gasteiger charge is 2.17. The largest absolute Gasteiger partial charge is 0.463 e. The summed E-state index contributed by atoms with van der Waals surface area (Å²) in [6, 6.07) is 7.31. The van der Waals surface area contributed by atoms with Gasteiger partial charge in [0.2, 0.25) is 0 Å². The van der Waals surface area contributed by atoms with Gasteiger partial charge in [0.05, 0.1) is 12.9 Å². The van der Waals surface area contributed by atoms with E-state index in [-0.39, 0.29) is 6.61 Å². The Bertz CT molecular complexity index is 770. The number of hydrogen-bond acceptors (Lipinski definition) is 6. The Morgan fingerprint density at radius 1 is 1.45 bits per heavy atom. The molecule has 3 heterocycles. The average Bonchev–Trinajstić information content (AvgIpc) is 3.11. The maximum atomic E-state index is 9.33. The Labute approximate surface area is 114 Å². The van der Waals surface area contributed by atoms with Crippen molar-refractivity contribution in [3.8, 4) is 17.5 Å². The molecule has 0 unspecified atom stereocenters. The second-order valence-corrected chi connectivity index (χ2v) is 4.04. The summed E-state index contributed by atoms with van der Waals surface area (Å²) < 4.78 is 6.81.